The van der Waals surface area contributed by atoms with E-state index < -0.39 is 4.92 Å². The van der Waals surface area contributed by atoms with Crippen molar-refractivity contribution in [2.45, 2.75) is 13.8 Å². The molecule has 0 saturated heterocycles. The van der Waals surface area contributed by atoms with Crippen LogP contribution in [0.15, 0.2) is 18.2 Å². The minimum Gasteiger partial charge on any atom is -0.496 e. The molecule has 0 bridgehead atoms. The van der Waals surface area contributed by atoms with E-state index in [1.54, 1.807) is 11.0 Å². The summed E-state index contributed by atoms with van der Waals surface area (Å²) in [4.78, 5) is 24.0. The second kappa shape index (κ2) is 7.32. The zero-order valence-corrected chi connectivity index (χ0v) is 11.9. The highest BCUT2D eigenvalue weighted by atomic mass is 16.6. The number of likely N-dealkylation sites (N-methyl/N-ethyl adjacent to an activating group) is 1. The Labute approximate surface area is 117 Å². The smallest absolute Gasteiger partial charge is 0.296 e. The molecule has 110 valence electrons. The molecule has 0 aliphatic rings. The van der Waals surface area contributed by atoms with Gasteiger partial charge in [-0.15, -0.1) is 0 Å². The first-order valence-corrected chi connectivity index (χ1v) is 6.37. The monoisotopic (exact) mass is 281 g/mol. The average molecular weight is 281 g/mol. The molecule has 0 radical (unpaired) electrons. The van der Waals surface area contributed by atoms with Crippen LogP contribution in [0.1, 0.15) is 13.8 Å². The van der Waals surface area contributed by atoms with Crippen molar-refractivity contribution in [2.24, 2.45) is 0 Å². The fourth-order valence-electron chi connectivity index (χ4n) is 1.80. The molecule has 0 spiro atoms. The van der Waals surface area contributed by atoms with Gasteiger partial charge in [-0.25, -0.2) is 0 Å². The third-order valence-electron chi connectivity index (χ3n) is 2.95. The molecule has 7 heteroatoms. The highest BCUT2D eigenvalue weighted by Crippen LogP contribution is 2.28. The number of nitro groups is 1. The molecule has 0 aromatic heterocycles. The van der Waals surface area contributed by atoms with Crippen molar-refractivity contribution in [1.82, 2.24) is 4.90 Å². The number of benzene rings is 1. The number of carbonyl (C=O) groups excluding carboxylic acids is 1. The molecule has 0 atom stereocenters. The minimum absolute atomic E-state index is 0.0227. The van der Waals surface area contributed by atoms with Crippen LogP contribution in [-0.2, 0) is 4.79 Å². The highest BCUT2D eigenvalue weighted by Gasteiger charge is 2.16. The molecule has 1 N–H and O–H groups in total. The number of nitro benzene ring substituents is 1. The number of rotatable bonds is 7. The molecule has 1 aromatic rings. The van der Waals surface area contributed by atoms with E-state index in [1.165, 1.54) is 19.2 Å². The largest absolute Gasteiger partial charge is 0.496 e. The lowest BCUT2D eigenvalue weighted by Crippen LogP contribution is -2.35. The SMILES string of the molecule is CCN(CC)C(=O)CNc1ccc(OC)cc1[N+](=O)[O-]. The zero-order valence-electron chi connectivity index (χ0n) is 11.9. The molecule has 1 aromatic carbocycles. The average Bonchev–Trinajstić information content (AvgIpc) is 2.46. The summed E-state index contributed by atoms with van der Waals surface area (Å²) in [6.07, 6.45) is 0. The topological polar surface area (TPSA) is 84.7 Å². The van der Waals surface area contributed by atoms with Gasteiger partial charge in [0.1, 0.15) is 11.4 Å². The van der Waals surface area contributed by atoms with Gasteiger partial charge in [0.15, 0.2) is 0 Å². The number of ether oxygens (including phenoxy) is 1. The van der Waals surface area contributed by atoms with Crippen molar-refractivity contribution in [2.75, 3.05) is 32.1 Å². The van der Waals surface area contributed by atoms with Crippen molar-refractivity contribution in [3.63, 3.8) is 0 Å². The van der Waals surface area contributed by atoms with E-state index >= 15 is 0 Å². The van der Waals surface area contributed by atoms with Crippen molar-refractivity contribution >= 4 is 17.3 Å². The Kier molecular flexibility index (Phi) is 5.76. The van der Waals surface area contributed by atoms with Crippen molar-refractivity contribution in [3.8, 4) is 5.75 Å². The van der Waals surface area contributed by atoms with Crippen LogP contribution in [-0.4, -0.2) is 42.5 Å². The van der Waals surface area contributed by atoms with E-state index in [9.17, 15) is 14.9 Å². The third kappa shape index (κ3) is 3.84. The Balaban J connectivity index is 2.82. The Morgan fingerprint density at radius 3 is 2.55 bits per heavy atom. The van der Waals surface area contributed by atoms with Gasteiger partial charge in [-0.05, 0) is 26.0 Å². The molecule has 0 unspecified atom stereocenters. The van der Waals surface area contributed by atoms with Crippen LogP contribution in [0.4, 0.5) is 11.4 Å². The summed E-state index contributed by atoms with van der Waals surface area (Å²) in [6.45, 7) is 5.02. The fourth-order valence-corrected chi connectivity index (χ4v) is 1.80. The number of nitrogens with zero attached hydrogens (tertiary/aromatic N) is 2. The van der Waals surface area contributed by atoms with Gasteiger partial charge in [0, 0.05) is 13.1 Å². The number of carbonyl (C=O) groups is 1. The van der Waals surface area contributed by atoms with Crippen LogP contribution in [0.3, 0.4) is 0 Å². The summed E-state index contributed by atoms with van der Waals surface area (Å²) in [7, 11) is 1.44. The van der Waals surface area contributed by atoms with Crippen LogP contribution in [0.2, 0.25) is 0 Å². The van der Waals surface area contributed by atoms with E-state index in [1.807, 2.05) is 13.8 Å². The number of anilines is 1. The predicted molar refractivity (Wildman–Crippen MR) is 76.1 cm³/mol. The maximum atomic E-state index is 11.9. The summed E-state index contributed by atoms with van der Waals surface area (Å²) in [5, 5.41) is 13.8. The number of hydrogen-bond donors (Lipinski definition) is 1. The van der Waals surface area contributed by atoms with E-state index in [0.717, 1.165) is 0 Å². The highest BCUT2D eigenvalue weighted by molar-refractivity contribution is 5.82. The van der Waals surface area contributed by atoms with Gasteiger partial charge in [-0.2, -0.15) is 0 Å². The van der Waals surface area contributed by atoms with Crippen molar-refractivity contribution < 1.29 is 14.5 Å². The lowest BCUT2D eigenvalue weighted by atomic mass is 10.2. The van der Waals surface area contributed by atoms with Gasteiger partial charge >= 0.3 is 0 Å². The molecule has 0 aliphatic carbocycles. The maximum absolute atomic E-state index is 11.9. The quantitative estimate of drug-likeness (QED) is 0.609. The summed E-state index contributed by atoms with van der Waals surface area (Å²) >= 11 is 0. The second-order valence-electron chi connectivity index (χ2n) is 4.06. The van der Waals surface area contributed by atoms with Gasteiger partial charge in [-0.1, -0.05) is 0 Å². The van der Waals surface area contributed by atoms with E-state index in [-0.39, 0.29) is 18.1 Å². The Hall–Kier alpha value is -2.31. The third-order valence-corrected chi connectivity index (χ3v) is 2.95. The number of nitrogens with one attached hydrogen (secondary N) is 1. The molecule has 0 saturated carbocycles. The number of methoxy groups -OCH3 is 1. The summed E-state index contributed by atoms with van der Waals surface area (Å²) < 4.78 is 4.95. The zero-order chi connectivity index (χ0) is 15.1. The van der Waals surface area contributed by atoms with Gasteiger partial charge in [0.2, 0.25) is 5.91 Å². The number of amides is 1. The van der Waals surface area contributed by atoms with E-state index in [2.05, 4.69) is 5.32 Å². The molecular weight excluding hydrogens is 262 g/mol. The summed E-state index contributed by atoms with van der Waals surface area (Å²) in [5.74, 6) is 0.303. The Morgan fingerprint density at radius 1 is 1.40 bits per heavy atom. The molecule has 0 aliphatic heterocycles. The van der Waals surface area contributed by atoms with Crippen LogP contribution >= 0.6 is 0 Å². The van der Waals surface area contributed by atoms with E-state index in [0.29, 0.717) is 24.5 Å². The molecule has 7 nitrogen and oxygen atoms in total. The van der Waals surface area contributed by atoms with E-state index in [4.69, 9.17) is 4.74 Å². The molecule has 0 heterocycles. The second-order valence-corrected chi connectivity index (χ2v) is 4.06. The van der Waals surface area contributed by atoms with Crippen LogP contribution < -0.4 is 10.1 Å². The van der Waals surface area contributed by atoms with Crippen molar-refractivity contribution in [1.29, 1.82) is 0 Å². The van der Waals surface area contributed by atoms with Crippen molar-refractivity contribution in [3.05, 3.63) is 28.3 Å². The molecular formula is C13H19N3O4. The first-order chi connectivity index (χ1) is 9.53. The lowest BCUT2D eigenvalue weighted by molar-refractivity contribution is -0.384. The Morgan fingerprint density at radius 2 is 2.05 bits per heavy atom. The summed E-state index contributed by atoms with van der Waals surface area (Å²) in [6, 6.07) is 4.47. The lowest BCUT2D eigenvalue weighted by Gasteiger charge is -2.19. The summed E-state index contributed by atoms with van der Waals surface area (Å²) in [5.41, 5.74) is 0.188. The normalized spacial score (nSPS) is 9.95. The molecule has 20 heavy (non-hydrogen) atoms. The molecule has 0 fully saturated rings. The maximum Gasteiger partial charge on any atom is 0.296 e. The Bertz CT molecular complexity index is 487. The first-order valence-electron chi connectivity index (χ1n) is 6.37. The van der Waals surface area contributed by atoms with Crippen LogP contribution in [0.25, 0.3) is 0 Å². The van der Waals surface area contributed by atoms with Gasteiger partial charge in [0.25, 0.3) is 5.69 Å². The van der Waals surface area contributed by atoms with Gasteiger partial charge in [0.05, 0.1) is 24.6 Å². The van der Waals surface area contributed by atoms with Crippen LogP contribution in [0.5, 0.6) is 5.75 Å². The minimum atomic E-state index is -0.507. The molecule has 1 amide bonds. The van der Waals surface area contributed by atoms with Gasteiger partial charge < -0.3 is 15.0 Å². The van der Waals surface area contributed by atoms with Gasteiger partial charge in [-0.3, -0.25) is 14.9 Å². The molecule has 1 rings (SSSR count). The fraction of sp³-hybridized carbons (Fsp3) is 0.462. The van der Waals surface area contributed by atoms with Crippen LogP contribution in [0, 0.1) is 10.1 Å². The predicted octanol–water partition coefficient (Wildman–Crippen LogP) is 1.88. The first kappa shape index (κ1) is 15.7. The standard InChI is InChI=1S/C13H19N3O4/c1-4-15(5-2)13(17)9-14-11-7-6-10(20-3)8-12(11)16(18)19/h6-8,14H,4-5,9H2,1-3H3. The number of hydrogen-bond acceptors (Lipinski definition) is 5.